The number of methoxy groups -OCH3 is 1. The lowest BCUT2D eigenvalue weighted by Crippen LogP contribution is -2.14. The molecule has 2 aromatic carbocycles. The quantitative estimate of drug-likeness (QED) is 0.496. The molecule has 25 heavy (non-hydrogen) atoms. The van der Waals surface area contributed by atoms with Crippen LogP contribution in [0.5, 0.6) is 0 Å². The highest BCUT2D eigenvalue weighted by Gasteiger charge is 2.09. The Morgan fingerprint density at radius 3 is 2.24 bits per heavy atom. The van der Waals surface area contributed by atoms with Crippen molar-refractivity contribution < 1.29 is 18.7 Å². The molecule has 0 aliphatic rings. The maximum Gasteiger partial charge on any atom is 0.337 e. The first kappa shape index (κ1) is 17.7. The predicted molar refractivity (Wildman–Crippen MR) is 90.1 cm³/mol. The number of nitrogens with zero attached hydrogens (tertiary/aromatic N) is 1. The number of nitrogens with one attached hydrogen (secondary N) is 2. The normalized spacial score (nSPS) is 10.5. The van der Waals surface area contributed by atoms with E-state index in [2.05, 4.69) is 15.4 Å². The summed E-state index contributed by atoms with van der Waals surface area (Å²) in [6, 6.07) is 13.3. The predicted octanol–water partition coefficient (Wildman–Crippen LogP) is 3.07. The molecule has 0 unspecified atom stereocenters. The molecule has 0 aromatic heterocycles. The van der Waals surface area contributed by atoms with E-state index in [-0.39, 0.29) is 5.57 Å². The Hall–Kier alpha value is -3.66. The fourth-order valence-corrected chi connectivity index (χ4v) is 1.86. The summed E-state index contributed by atoms with van der Waals surface area (Å²) >= 11 is 0. The van der Waals surface area contributed by atoms with Crippen molar-refractivity contribution in [3.05, 3.63) is 71.7 Å². The molecule has 0 aliphatic heterocycles. The Kier molecular flexibility index (Phi) is 5.85. The highest BCUT2D eigenvalue weighted by Crippen LogP contribution is 2.12. The van der Waals surface area contributed by atoms with E-state index in [0.29, 0.717) is 16.9 Å². The van der Waals surface area contributed by atoms with Gasteiger partial charge in [0, 0.05) is 17.6 Å². The number of hydrogen-bond donors (Lipinski definition) is 2. The van der Waals surface area contributed by atoms with E-state index in [1.54, 1.807) is 30.3 Å². The molecule has 0 atom stereocenters. The van der Waals surface area contributed by atoms with Crippen molar-refractivity contribution >= 4 is 23.3 Å². The van der Waals surface area contributed by atoms with Crippen LogP contribution in [0, 0.1) is 17.1 Å². The fraction of sp³-hybridized carbons (Fsp3) is 0.0556. The highest BCUT2D eigenvalue weighted by atomic mass is 19.1. The lowest BCUT2D eigenvalue weighted by Gasteiger charge is -2.06. The molecule has 0 bridgehead atoms. The Labute approximate surface area is 143 Å². The molecule has 0 radical (unpaired) electrons. The third-order valence-electron chi connectivity index (χ3n) is 3.16. The molecule has 2 N–H and O–H groups in total. The first-order valence-corrected chi connectivity index (χ1v) is 7.15. The summed E-state index contributed by atoms with van der Waals surface area (Å²) in [7, 11) is 1.29. The van der Waals surface area contributed by atoms with Gasteiger partial charge in [-0.05, 0) is 48.5 Å². The van der Waals surface area contributed by atoms with Gasteiger partial charge in [-0.3, -0.25) is 4.79 Å². The second-order valence-electron chi connectivity index (χ2n) is 4.84. The highest BCUT2D eigenvalue weighted by molar-refractivity contribution is 6.06. The van der Waals surface area contributed by atoms with Crippen LogP contribution in [-0.4, -0.2) is 19.0 Å². The monoisotopic (exact) mass is 339 g/mol. The summed E-state index contributed by atoms with van der Waals surface area (Å²) in [4.78, 5) is 23.4. The zero-order valence-electron chi connectivity index (χ0n) is 13.2. The lowest BCUT2D eigenvalue weighted by atomic mass is 10.2. The van der Waals surface area contributed by atoms with Gasteiger partial charge >= 0.3 is 5.97 Å². The summed E-state index contributed by atoms with van der Waals surface area (Å²) < 4.78 is 17.4. The molecule has 0 saturated heterocycles. The summed E-state index contributed by atoms with van der Waals surface area (Å²) in [6.07, 6.45) is 1.24. The van der Waals surface area contributed by atoms with Crippen LogP contribution in [0.25, 0.3) is 0 Å². The van der Waals surface area contributed by atoms with E-state index in [1.165, 1.54) is 37.6 Å². The van der Waals surface area contributed by atoms with Gasteiger partial charge < -0.3 is 15.4 Å². The van der Waals surface area contributed by atoms with Crippen molar-refractivity contribution in [3.63, 3.8) is 0 Å². The van der Waals surface area contributed by atoms with Crippen molar-refractivity contribution in [1.82, 2.24) is 0 Å². The minimum Gasteiger partial charge on any atom is -0.465 e. The number of carbonyl (C=O) groups excluding carboxylic acids is 2. The van der Waals surface area contributed by atoms with Crippen molar-refractivity contribution in [2.45, 2.75) is 0 Å². The molecule has 1 amide bonds. The Bertz CT molecular complexity index is 837. The largest absolute Gasteiger partial charge is 0.465 e. The minimum atomic E-state index is -0.632. The molecule has 6 nitrogen and oxygen atoms in total. The smallest absolute Gasteiger partial charge is 0.337 e. The average molecular weight is 339 g/mol. The van der Waals surface area contributed by atoms with Gasteiger partial charge in [0.25, 0.3) is 5.91 Å². The van der Waals surface area contributed by atoms with Crippen LogP contribution in [0.4, 0.5) is 15.8 Å². The van der Waals surface area contributed by atoms with Gasteiger partial charge in [0.15, 0.2) is 0 Å². The summed E-state index contributed by atoms with van der Waals surface area (Å²) in [5.74, 6) is -1.52. The van der Waals surface area contributed by atoms with E-state index in [1.807, 2.05) is 0 Å². The zero-order valence-corrected chi connectivity index (χ0v) is 13.2. The fourth-order valence-electron chi connectivity index (χ4n) is 1.86. The molecule has 0 heterocycles. The number of esters is 1. The third-order valence-corrected chi connectivity index (χ3v) is 3.16. The Balaban J connectivity index is 2.04. The first-order chi connectivity index (χ1) is 12.0. The molecule has 126 valence electrons. The van der Waals surface area contributed by atoms with Crippen LogP contribution in [0.2, 0.25) is 0 Å². The molecule has 0 saturated carbocycles. The van der Waals surface area contributed by atoms with Crippen molar-refractivity contribution in [2.75, 3.05) is 17.7 Å². The van der Waals surface area contributed by atoms with Crippen molar-refractivity contribution in [3.8, 4) is 6.07 Å². The minimum absolute atomic E-state index is 0.165. The molecular weight excluding hydrogens is 325 g/mol. The number of carbonyl (C=O) groups is 2. The van der Waals surface area contributed by atoms with Gasteiger partial charge in [-0.2, -0.15) is 5.26 Å². The van der Waals surface area contributed by atoms with Gasteiger partial charge in [-0.15, -0.1) is 0 Å². The maximum atomic E-state index is 12.8. The number of hydrogen-bond acceptors (Lipinski definition) is 5. The molecule has 7 heteroatoms. The average Bonchev–Trinajstić information content (AvgIpc) is 2.64. The summed E-state index contributed by atoms with van der Waals surface area (Å²) in [5.41, 5.74) is 1.16. The third kappa shape index (κ3) is 4.91. The Morgan fingerprint density at radius 1 is 1.08 bits per heavy atom. The molecule has 2 aromatic rings. The van der Waals surface area contributed by atoms with Gasteiger partial charge in [0.05, 0.1) is 12.7 Å². The molecule has 0 spiro atoms. The summed E-state index contributed by atoms with van der Waals surface area (Å²) in [5, 5.41) is 14.4. The van der Waals surface area contributed by atoms with Crippen LogP contribution in [0.1, 0.15) is 10.4 Å². The number of rotatable bonds is 5. The van der Waals surface area contributed by atoms with Crippen molar-refractivity contribution in [2.24, 2.45) is 0 Å². The number of ether oxygens (including phenoxy) is 1. The van der Waals surface area contributed by atoms with Crippen molar-refractivity contribution in [1.29, 1.82) is 5.26 Å². The topological polar surface area (TPSA) is 91.2 Å². The maximum absolute atomic E-state index is 12.8. The van der Waals surface area contributed by atoms with E-state index in [4.69, 9.17) is 5.26 Å². The van der Waals surface area contributed by atoms with E-state index in [9.17, 15) is 14.0 Å². The van der Waals surface area contributed by atoms with E-state index >= 15 is 0 Å². The summed E-state index contributed by atoms with van der Waals surface area (Å²) in [6.45, 7) is 0. The van der Waals surface area contributed by atoms with Gasteiger partial charge in [-0.25, -0.2) is 9.18 Å². The second-order valence-corrected chi connectivity index (χ2v) is 4.84. The number of nitriles is 1. The second kappa shape index (κ2) is 8.26. The zero-order chi connectivity index (χ0) is 18.2. The molecule has 0 aliphatic carbocycles. The number of amides is 1. The molecule has 2 rings (SSSR count). The van der Waals surface area contributed by atoms with Gasteiger partial charge in [0.2, 0.25) is 0 Å². The SMILES string of the molecule is COC(=O)c1ccc(N/C=C(\C#N)C(=O)Nc2ccc(F)cc2)cc1. The van der Waals surface area contributed by atoms with Crippen LogP contribution in [-0.2, 0) is 9.53 Å². The van der Waals surface area contributed by atoms with Crippen LogP contribution in [0.3, 0.4) is 0 Å². The standard InChI is InChI=1S/C18H14FN3O3/c1-25-18(24)12-2-6-15(7-3-12)21-11-13(10-20)17(23)22-16-8-4-14(19)5-9-16/h2-9,11,21H,1H3,(H,22,23)/b13-11+. The van der Waals surface area contributed by atoms with Gasteiger partial charge in [-0.1, -0.05) is 0 Å². The number of anilines is 2. The number of benzene rings is 2. The first-order valence-electron chi connectivity index (χ1n) is 7.15. The van der Waals surface area contributed by atoms with Gasteiger partial charge in [0.1, 0.15) is 17.5 Å². The molecular formula is C18H14FN3O3. The lowest BCUT2D eigenvalue weighted by molar-refractivity contribution is -0.112. The molecule has 0 fully saturated rings. The van der Waals surface area contributed by atoms with Crippen LogP contribution < -0.4 is 10.6 Å². The Morgan fingerprint density at radius 2 is 1.68 bits per heavy atom. The number of halogens is 1. The van der Waals surface area contributed by atoms with Crippen LogP contribution >= 0.6 is 0 Å². The van der Waals surface area contributed by atoms with E-state index < -0.39 is 17.7 Å². The van der Waals surface area contributed by atoms with Crippen LogP contribution in [0.15, 0.2) is 60.3 Å². The van der Waals surface area contributed by atoms with E-state index in [0.717, 1.165) is 0 Å².